The molecule has 2 aromatic rings. The highest BCUT2D eigenvalue weighted by Gasteiger charge is 2.51. The smallest absolute Gasteiger partial charge is 0.291 e. The van der Waals surface area contributed by atoms with Crippen molar-refractivity contribution in [2.75, 3.05) is 31.5 Å². The van der Waals surface area contributed by atoms with Crippen LogP contribution in [0.3, 0.4) is 0 Å². The Hall–Kier alpha value is -2.54. The van der Waals surface area contributed by atoms with Crippen LogP contribution in [0.15, 0.2) is 41.9 Å². The van der Waals surface area contributed by atoms with Crippen LogP contribution in [-0.4, -0.2) is 57.7 Å². The van der Waals surface area contributed by atoms with E-state index in [0.717, 1.165) is 24.3 Å². The Morgan fingerprint density at radius 1 is 1.16 bits per heavy atom. The largest absolute Gasteiger partial charge is 0.455 e. The fraction of sp³-hybridized carbons (Fsp3) is 0.444. The van der Waals surface area contributed by atoms with E-state index in [1.54, 1.807) is 24.8 Å². The van der Waals surface area contributed by atoms with Crippen molar-refractivity contribution in [1.82, 2.24) is 19.9 Å². The summed E-state index contributed by atoms with van der Waals surface area (Å²) in [7, 11) is 0. The first kappa shape index (κ1) is 14.8. The van der Waals surface area contributed by atoms with Gasteiger partial charge in [-0.25, -0.2) is 9.98 Å². The Labute approximate surface area is 146 Å². The second kappa shape index (κ2) is 5.77. The first-order chi connectivity index (χ1) is 12.3. The van der Waals surface area contributed by atoms with Gasteiger partial charge in [0, 0.05) is 30.4 Å². The van der Waals surface area contributed by atoms with Crippen molar-refractivity contribution in [3.05, 3.63) is 36.9 Å². The molecular formula is C18H20N6O. The number of aliphatic imine (C=N–C) groups is 1. The second-order valence-corrected chi connectivity index (χ2v) is 6.99. The summed E-state index contributed by atoms with van der Waals surface area (Å²) in [6.45, 7) is 4.11. The number of hydrogen-bond acceptors (Lipinski definition) is 7. The Morgan fingerprint density at radius 3 is 2.76 bits per heavy atom. The summed E-state index contributed by atoms with van der Waals surface area (Å²) in [4.78, 5) is 20.1. The summed E-state index contributed by atoms with van der Waals surface area (Å²) in [6, 6.07) is 4.42. The van der Waals surface area contributed by atoms with Crippen molar-refractivity contribution in [2.24, 2.45) is 10.9 Å². The van der Waals surface area contributed by atoms with Crippen molar-refractivity contribution in [1.29, 1.82) is 0 Å². The van der Waals surface area contributed by atoms with E-state index < -0.39 is 0 Å². The van der Waals surface area contributed by atoms with E-state index in [9.17, 15) is 0 Å². The van der Waals surface area contributed by atoms with E-state index in [0.29, 0.717) is 17.8 Å². The second-order valence-electron chi connectivity index (χ2n) is 6.99. The molecule has 4 aliphatic heterocycles. The zero-order valence-electron chi connectivity index (χ0n) is 13.9. The summed E-state index contributed by atoms with van der Waals surface area (Å²) in [5, 5.41) is 3.17. The third kappa shape index (κ3) is 2.64. The average Bonchev–Trinajstić information content (AvgIpc) is 3.06. The topological polar surface area (TPSA) is 75.5 Å². The molecule has 7 nitrogen and oxygen atoms in total. The molecule has 0 unspecified atom stereocenters. The highest BCUT2D eigenvalue weighted by atomic mass is 16.5. The molecule has 0 aliphatic carbocycles. The van der Waals surface area contributed by atoms with Gasteiger partial charge in [0.2, 0.25) is 0 Å². The molecule has 2 aromatic heterocycles. The molecule has 7 heteroatoms. The van der Waals surface area contributed by atoms with Crippen molar-refractivity contribution >= 4 is 11.8 Å². The van der Waals surface area contributed by atoms with Crippen molar-refractivity contribution in [3.8, 4) is 11.3 Å². The van der Waals surface area contributed by atoms with E-state index in [-0.39, 0.29) is 5.60 Å². The van der Waals surface area contributed by atoms with Gasteiger partial charge in [-0.2, -0.15) is 0 Å². The van der Waals surface area contributed by atoms with Crippen molar-refractivity contribution in [2.45, 2.75) is 18.4 Å². The van der Waals surface area contributed by atoms with E-state index in [1.807, 2.05) is 12.1 Å². The molecule has 128 valence electrons. The standard InChI is InChI=1S/C18H20N6O/c1-2-13(8-19-5-1)15-9-21-16(10-20-15)23-17-22-11-18(25-17)12-24-6-3-14(18)4-7-24/h1-2,5,8-10,14H,3-4,6-7,11-12H2,(H,21,22,23)/t18-/m0/s1. The summed E-state index contributed by atoms with van der Waals surface area (Å²) in [5.74, 6) is 1.25. The zero-order valence-corrected chi connectivity index (χ0v) is 13.9. The van der Waals surface area contributed by atoms with Crippen LogP contribution < -0.4 is 5.32 Å². The van der Waals surface area contributed by atoms with Crippen LogP contribution in [-0.2, 0) is 4.74 Å². The number of fused-ring (bicyclic) bond motifs is 2. The van der Waals surface area contributed by atoms with E-state index >= 15 is 0 Å². The molecule has 1 N–H and O–H groups in total. The van der Waals surface area contributed by atoms with E-state index in [4.69, 9.17) is 4.74 Å². The predicted octanol–water partition coefficient (Wildman–Crippen LogP) is 1.80. The van der Waals surface area contributed by atoms with E-state index in [2.05, 4.69) is 30.2 Å². The fourth-order valence-electron chi connectivity index (χ4n) is 4.11. The quantitative estimate of drug-likeness (QED) is 0.901. The SMILES string of the molecule is c1cncc(-c2cnc(NC3=NC[C@@]4(CN5CCC4CC5)O3)cn2)c1. The zero-order chi connectivity index (χ0) is 16.7. The Bertz CT molecular complexity index is 785. The van der Waals surface area contributed by atoms with Crippen LogP contribution in [0.25, 0.3) is 11.3 Å². The molecule has 3 saturated heterocycles. The Balaban J connectivity index is 1.27. The highest BCUT2D eigenvalue weighted by Crippen LogP contribution is 2.40. The third-order valence-electron chi connectivity index (χ3n) is 5.46. The summed E-state index contributed by atoms with van der Waals surface area (Å²) in [5.41, 5.74) is 1.60. The number of hydrogen-bond donors (Lipinski definition) is 1. The number of anilines is 1. The van der Waals surface area contributed by atoms with Gasteiger partial charge < -0.3 is 4.74 Å². The van der Waals surface area contributed by atoms with Gasteiger partial charge >= 0.3 is 0 Å². The Kier molecular flexibility index (Phi) is 3.41. The van der Waals surface area contributed by atoms with Crippen LogP contribution in [0, 0.1) is 5.92 Å². The molecule has 6 rings (SSSR count). The van der Waals surface area contributed by atoms with Gasteiger partial charge in [-0.15, -0.1) is 0 Å². The minimum absolute atomic E-state index is 0.137. The summed E-state index contributed by atoms with van der Waals surface area (Å²) in [6.07, 6.45) is 9.38. The van der Waals surface area contributed by atoms with Crippen LogP contribution in [0.2, 0.25) is 0 Å². The maximum Gasteiger partial charge on any atom is 0.291 e. The molecular weight excluding hydrogens is 316 g/mol. The molecule has 0 saturated carbocycles. The van der Waals surface area contributed by atoms with Crippen molar-refractivity contribution < 1.29 is 4.74 Å². The van der Waals surface area contributed by atoms with Gasteiger partial charge in [-0.05, 0) is 38.1 Å². The van der Waals surface area contributed by atoms with Gasteiger partial charge in [-0.1, -0.05) is 0 Å². The van der Waals surface area contributed by atoms with Crippen LogP contribution in [0.5, 0.6) is 0 Å². The van der Waals surface area contributed by atoms with Gasteiger partial charge in [0.15, 0.2) is 5.82 Å². The highest BCUT2D eigenvalue weighted by molar-refractivity contribution is 5.89. The lowest BCUT2D eigenvalue weighted by Crippen LogP contribution is -2.61. The lowest BCUT2D eigenvalue weighted by Gasteiger charge is -2.50. The summed E-state index contributed by atoms with van der Waals surface area (Å²) < 4.78 is 6.26. The molecule has 2 bridgehead atoms. The van der Waals surface area contributed by atoms with Gasteiger partial charge in [0.05, 0.1) is 24.6 Å². The molecule has 1 spiro atoms. The number of amidine groups is 1. The van der Waals surface area contributed by atoms with Crippen LogP contribution >= 0.6 is 0 Å². The Morgan fingerprint density at radius 2 is 2.08 bits per heavy atom. The van der Waals surface area contributed by atoms with Crippen LogP contribution in [0.1, 0.15) is 12.8 Å². The van der Waals surface area contributed by atoms with Crippen LogP contribution in [0.4, 0.5) is 5.82 Å². The number of nitrogens with one attached hydrogen (secondary N) is 1. The molecule has 6 heterocycles. The van der Waals surface area contributed by atoms with Crippen molar-refractivity contribution in [3.63, 3.8) is 0 Å². The van der Waals surface area contributed by atoms with Gasteiger partial charge in [0.25, 0.3) is 6.02 Å². The monoisotopic (exact) mass is 336 g/mol. The number of piperidine rings is 3. The fourth-order valence-corrected chi connectivity index (χ4v) is 4.11. The molecule has 0 radical (unpaired) electrons. The first-order valence-corrected chi connectivity index (χ1v) is 8.76. The minimum Gasteiger partial charge on any atom is -0.455 e. The molecule has 0 aromatic carbocycles. The lowest BCUT2D eigenvalue weighted by molar-refractivity contribution is -0.0829. The third-order valence-corrected chi connectivity index (χ3v) is 5.46. The average molecular weight is 336 g/mol. The maximum absolute atomic E-state index is 6.26. The number of rotatable bonds is 2. The normalized spacial score (nSPS) is 30.2. The van der Waals surface area contributed by atoms with Gasteiger partial charge in [0.1, 0.15) is 5.60 Å². The summed E-state index contributed by atoms with van der Waals surface area (Å²) >= 11 is 0. The number of ether oxygens (including phenoxy) is 1. The number of pyridine rings is 1. The molecule has 0 amide bonds. The lowest BCUT2D eigenvalue weighted by atomic mass is 9.75. The van der Waals surface area contributed by atoms with E-state index in [1.165, 1.54) is 25.9 Å². The minimum atomic E-state index is -0.137. The molecule has 1 atom stereocenters. The maximum atomic E-state index is 6.26. The number of aromatic nitrogens is 3. The molecule has 25 heavy (non-hydrogen) atoms. The van der Waals surface area contributed by atoms with Gasteiger partial charge in [-0.3, -0.25) is 20.2 Å². The first-order valence-electron chi connectivity index (χ1n) is 8.76. The predicted molar refractivity (Wildman–Crippen MR) is 94.2 cm³/mol. The number of nitrogens with zero attached hydrogens (tertiary/aromatic N) is 5. The molecule has 3 fully saturated rings. The molecule has 4 aliphatic rings.